The Bertz CT molecular complexity index is 1940. The fourth-order valence-electron chi connectivity index (χ4n) is 4.42. The monoisotopic (exact) mass is 531 g/mol. The first kappa shape index (κ1) is 23.1. The Morgan fingerprint density at radius 1 is 0.846 bits per heavy atom. The van der Waals surface area contributed by atoms with Gasteiger partial charge in [-0.15, -0.1) is 5.10 Å². The maximum Gasteiger partial charge on any atom is 0.291 e. The molecule has 3 aromatic heterocycles. The highest BCUT2D eigenvalue weighted by Crippen LogP contribution is 2.35. The highest BCUT2D eigenvalue weighted by Gasteiger charge is 2.17. The summed E-state index contributed by atoms with van der Waals surface area (Å²) in [7, 11) is 0. The molecule has 0 bridgehead atoms. The summed E-state index contributed by atoms with van der Waals surface area (Å²) in [5.41, 5.74) is 4.11. The Morgan fingerprint density at radius 3 is 2.41 bits per heavy atom. The molecule has 0 amide bonds. The number of aromatic nitrogens is 5. The van der Waals surface area contributed by atoms with E-state index in [1.54, 1.807) is 0 Å². The summed E-state index contributed by atoms with van der Waals surface area (Å²) in [6, 6.07) is 25.5. The number of fused-ring (bicyclic) bond motifs is 2. The van der Waals surface area contributed by atoms with Crippen molar-refractivity contribution in [2.75, 3.05) is 13.2 Å². The van der Waals surface area contributed by atoms with Crippen molar-refractivity contribution in [1.82, 2.24) is 24.4 Å². The number of benzene rings is 3. The number of nitrogens with zero attached hydrogens (tertiary/aromatic N) is 5. The number of para-hydroxylation sites is 1. The minimum absolute atomic E-state index is 0.220. The van der Waals surface area contributed by atoms with Gasteiger partial charge in [0.05, 0.1) is 10.2 Å². The molecule has 1 aliphatic heterocycles. The summed E-state index contributed by atoms with van der Waals surface area (Å²) >= 11 is 1.30. The van der Waals surface area contributed by atoms with Crippen molar-refractivity contribution >= 4 is 34.5 Å². The van der Waals surface area contributed by atoms with Crippen molar-refractivity contribution in [2.24, 2.45) is 0 Å². The van der Waals surface area contributed by atoms with Crippen molar-refractivity contribution in [2.45, 2.75) is 0 Å². The SMILES string of the molecule is O=c1/c(=C/c2cn(-c3ccccc3)nc2-c2ccc3c(c2)OCCO3)sc2nc(/C=C/c3ccccc3)nn12. The predicted octanol–water partition coefficient (Wildman–Crippen LogP) is 4.49. The Labute approximate surface area is 226 Å². The Hall–Kier alpha value is -5.02. The van der Waals surface area contributed by atoms with Crippen LogP contribution in [0.25, 0.3) is 40.1 Å². The van der Waals surface area contributed by atoms with Crippen molar-refractivity contribution in [1.29, 1.82) is 0 Å². The average Bonchev–Trinajstić information content (AvgIpc) is 3.67. The Balaban J connectivity index is 1.31. The Kier molecular flexibility index (Phi) is 5.75. The molecule has 9 heteroatoms. The van der Waals surface area contributed by atoms with Crippen molar-refractivity contribution < 1.29 is 9.47 Å². The van der Waals surface area contributed by atoms with Crippen LogP contribution in [0.15, 0.2) is 89.9 Å². The summed E-state index contributed by atoms with van der Waals surface area (Å²) < 4.78 is 15.2. The van der Waals surface area contributed by atoms with Crippen LogP contribution in [0.5, 0.6) is 11.5 Å². The normalized spacial score (nSPS) is 13.5. The number of thiazole rings is 1. The van der Waals surface area contributed by atoms with E-state index in [1.807, 2.05) is 108 Å². The molecule has 0 spiro atoms. The molecule has 0 atom stereocenters. The smallest absolute Gasteiger partial charge is 0.291 e. The van der Waals surface area contributed by atoms with Gasteiger partial charge in [-0.25, -0.2) is 4.68 Å². The molecular weight excluding hydrogens is 510 g/mol. The predicted molar refractivity (Wildman–Crippen MR) is 151 cm³/mol. The van der Waals surface area contributed by atoms with Crippen molar-refractivity contribution in [3.63, 3.8) is 0 Å². The summed E-state index contributed by atoms with van der Waals surface area (Å²) in [6.45, 7) is 1.02. The average molecular weight is 532 g/mol. The first-order valence-corrected chi connectivity index (χ1v) is 13.2. The van der Waals surface area contributed by atoms with E-state index in [4.69, 9.17) is 14.6 Å². The van der Waals surface area contributed by atoms with Crippen LogP contribution in [0.1, 0.15) is 17.0 Å². The van der Waals surface area contributed by atoms with Crippen LogP contribution in [0.3, 0.4) is 0 Å². The van der Waals surface area contributed by atoms with E-state index >= 15 is 0 Å². The molecular formula is C30H21N5O3S. The third-order valence-corrected chi connectivity index (χ3v) is 7.25. The van der Waals surface area contributed by atoms with Crippen molar-refractivity contribution in [3.8, 4) is 28.4 Å². The lowest BCUT2D eigenvalue weighted by atomic mass is 10.1. The van der Waals surface area contributed by atoms with Crippen LogP contribution in [0.2, 0.25) is 0 Å². The molecule has 6 aromatic rings. The number of ether oxygens (including phenoxy) is 2. The quantitative estimate of drug-likeness (QED) is 0.326. The summed E-state index contributed by atoms with van der Waals surface area (Å²) in [4.78, 5) is 18.4. The van der Waals surface area contributed by atoms with Gasteiger partial charge in [-0.3, -0.25) is 4.79 Å². The zero-order valence-corrected chi connectivity index (χ0v) is 21.4. The third-order valence-electron chi connectivity index (χ3n) is 6.29. The molecule has 0 radical (unpaired) electrons. The zero-order valence-electron chi connectivity index (χ0n) is 20.6. The van der Waals surface area contributed by atoms with Gasteiger partial charge in [0.2, 0.25) is 4.96 Å². The van der Waals surface area contributed by atoms with Crippen LogP contribution in [-0.2, 0) is 0 Å². The third kappa shape index (κ3) is 4.49. The first-order valence-electron chi connectivity index (χ1n) is 12.4. The number of hydrogen-bond acceptors (Lipinski definition) is 7. The summed E-state index contributed by atoms with van der Waals surface area (Å²) in [6.07, 6.45) is 7.50. The van der Waals surface area contributed by atoms with E-state index in [0.717, 1.165) is 28.1 Å². The van der Waals surface area contributed by atoms with Crippen LogP contribution in [-0.4, -0.2) is 37.6 Å². The van der Waals surface area contributed by atoms with E-state index in [9.17, 15) is 4.79 Å². The Morgan fingerprint density at radius 2 is 1.62 bits per heavy atom. The lowest BCUT2D eigenvalue weighted by Gasteiger charge is -2.18. The van der Waals surface area contributed by atoms with E-state index in [0.29, 0.717) is 40.0 Å². The molecule has 190 valence electrons. The first-order chi connectivity index (χ1) is 19.2. The zero-order chi connectivity index (χ0) is 26.2. The highest BCUT2D eigenvalue weighted by molar-refractivity contribution is 7.15. The lowest BCUT2D eigenvalue weighted by Crippen LogP contribution is -2.23. The second kappa shape index (κ2) is 9.70. The topological polar surface area (TPSA) is 83.5 Å². The van der Waals surface area contributed by atoms with E-state index in [2.05, 4.69) is 10.1 Å². The van der Waals surface area contributed by atoms with Gasteiger partial charge in [0.25, 0.3) is 5.56 Å². The second-order valence-corrected chi connectivity index (χ2v) is 9.90. The number of rotatable bonds is 5. The summed E-state index contributed by atoms with van der Waals surface area (Å²) in [5, 5.41) is 9.30. The molecule has 0 saturated carbocycles. The van der Waals surface area contributed by atoms with Gasteiger partial charge in [-0.1, -0.05) is 65.9 Å². The molecule has 0 aliphatic carbocycles. The van der Waals surface area contributed by atoms with Gasteiger partial charge in [-0.2, -0.15) is 14.6 Å². The minimum atomic E-state index is -0.220. The second-order valence-electron chi connectivity index (χ2n) is 8.90. The molecule has 39 heavy (non-hydrogen) atoms. The van der Waals surface area contributed by atoms with Crippen LogP contribution < -0.4 is 19.6 Å². The van der Waals surface area contributed by atoms with E-state index in [-0.39, 0.29) is 5.56 Å². The van der Waals surface area contributed by atoms with Crippen molar-refractivity contribution in [3.05, 3.63) is 117 Å². The molecule has 4 heterocycles. The van der Waals surface area contributed by atoms with Gasteiger partial charge in [0.1, 0.15) is 18.9 Å². The lowest BCUT2D eigenvalue weighted by molar-refractivity contribution is 0.171. The molecule has 8 nitrogen and oxygen atoms in total. The van der Waals surface area contributed by atoms with Crippen LogP contribution >= 0.6 is 11.3 Å². The standard InChI is InChI=1S/C30H21N5O3S/c36-29-26(39-30-31-27(32-35(29)30)14-11-20-7-3-1-4-8-20)18-22-19-34(23-9-5-2-6-10-23)33-28(22)21-12-13-24-25(17-21)38-16-15-37-24/h1-14,17-19H,15-16H2/b14-11+,26-18-. The molecule has 1 aliphatic rings. The largest absolute Gasteiger partial charge is 0.486 e. The van der Waals surface area contributed by atoms with E-state index < -0.39 is 0 Å². The van der Waals surface area contributed by atoms with Crippen LogP contribution in [0, 0.1) is 0 Å². The molecule has 0 unspecified atom stereocenters. The molecule has 7 rings (SSSR count). The highest BCUT2D eigenvalue weighted by atomic mass is 32.1. The molecule has 3 aromatic carbocycles. The molecule has 0 fully saturated rings. The maximum atomic E-state index is 13.3. The van der Waals surface area contributed by atoms with Gasteiger partial charge in [0, 0.05) is 17.3 Å². The van der Waals surface area contributed by atoms with Gasteiger partial charge in [-0.05, 0) is 48.0 Å². The minimum Gasteiger partial charge on any atom is -0.486 e. The van der Waals surface area contributed by atoms with Gasteiger partial charge in [0.15, 0.2) is 17.3 Å². The molecule has 0 N–H and O–H groups in total. The maximum absolute atomic E-state index is 13.3. The van der Waals surface area contributed by atoms with E-state index in [1.165, 1.54) is 15.9 Å². The van der Waals surface area contributed by atoms with Gasteiger partial charge < -0.3 is 9.47 Å². The fraction of sp³-hybridized carbons (Fsp3) is 0.0667. The summed E-state index contributed by atoms with van der Waals surface area (Å²) in [5.74, 6) is 1.88. The molecule has 0 saturated heterocycles. The number of hydrogen-bond donors (Lipinski definition) is 0. The van der Waals surface area contributed by atoms with Crippen LogP contribution in [0.4, 0.5) is 0 Å². The van der Waals surface area contributed by atoms with Gasteiger partial charge >= 0.3 is 0 Å². The fourth-order valence-corrected chi connectivity index (χ4v) is 5.32.